The summed E-state index contributed by atoms with van der Waals surface area (Å²) in [6.45, 7) is 3.54. The van der Waals surface area contributed by atoms with Gasteiger partial charge in [0, 0.05) is 42.3 Å². The van der Waals surface area contributed by atoms with Crippen LogP contribution in [0.1, 0.15) is 54.8 Å². The van der Waals surface area contributed by atoms with Crippen molar-refractivity contribution in [2.45, 2.75) is 44.6 Å². The van der Waals surface area contributed by atoms with E-state index in [1.165, 1.54) is 0 Å². The van der Waals surface area contributed by atoms with Crippen LogP contribution >= 0.6 is 0 Å². The molecule has 1 saturated carbocycles. The molecule has 1 aliphatic carbocycles. The minimum Gasteiger partial charge on any atom is -0.463 e. The lowest BCUT2D eigenvalue weighted by atomic mass is 9.92. The van der Waals surface area contributed by atoms with E-state index in [0.29, 0.717) is 24.4 Å². The second-order valence-corrected chi connectivity index (χ2v) is 8.83. The largest absolute Gasteiger partial charge is 0.463 e. The topological polar surface area (TPSA) is 142 Å². The van der Waals surface area contributed by atoms with Crippen LogP contribution in [-0.4, -0.2) is 73.5 Å². The van der Waals surface area contributed by atoms with E-state index in [4.69, 9.17) is 4.74 Å². The predicted molar refractivity (Wildman–Crippen MR) is 120 cm³/mol. The first kappa shape index (κ1) is 21.5. The number of hydrogen-bond donors (Lipinski definition) is 3. The summed E-state index contributed by atoms with van der Waals surface area (Å²) in [4.78, 5) is 32.1. The van der Waals surface area contributed by atoms with Crippen LogP contribution in [0.2, 0.25) is 0 Å². The number of pyridine rings is 1. The molecule has 4 heterocycles. The number of aromatic amines is 1. The van der Waals surface area contributed by atoms with Gasteiger partial charge in [0.05, 0.1) is 13.2 Å². The van der Waals surface area contributed by atoms with Crippen molar-refractivity contribution < 1.29 is 14.6 Å². The van der Waals surface area contributed by atoms with Crippen LogP contribution in [0.4, 0.5) is 5.95 Å². The van der Waals surface area contributed by atoms with Crippen molar-refractivity contribution in [1.82, 2.24) is 35.5 Å². The smallest absolute Gasteiger partial charge is 0.321 e. The Morgan fingerprint density at radius 3 is 2.85 bits per heavy atom. The molecular formula is C22H28N8O3. The molecule has 2 aliphatic rings. The minimum absolute atomic E-state index is 0.00106. The standard InChI is InChI=1S/C22H28N8O3/c1-13(11-31)24-20(32)19-25-21(27-22(26-19)33-12-14-4-5-14)30-9-6-15(7-10-30)17-16-3-2-8-23-18(16)29-28-17/h2-3,8,13-15,31H,4-7,9-12H2,1H3,(H,24,32)(H,23,28,29)/t13-/m1/s1. The van der Waals surface area contributed by atoms with E-state index >= 15 is 0 Å². The third kappa shape index (κ3) is 4.87. The first-order valence-corrected chi connectivity index (χ1v) is 11.4. The number of hydrogen-bond acceptors (Lipinski definition) is 9. The number of nitrogens with zero attached hydrogens (tertiary/aromatic N) is 6. The number of aromatic nitrogens is 6. The Morgan fingerprint density at radius 2 is 2.09 bits per heavy atom. The normalized spacial score (nSPS) is 17.8. The summed E-state index contributed by atoms with van der Waals surface area (Å²) in [5.41, 5.74) is 1.84. The van der Waals surface area contributed by atoms with Crippen LogP contribution in [-0.2, 0) is 0 Å². The molecule has 2 fully saturated rings. The molecule has 33 heavy (non-hydrogen) atoms. The zero-order valence-electron chi connectivity index (χ0n) is 18.6. The Labute approximate surface area is 191 Å². The number of rotatable bonds is 8. The molecule has 0 unspecified atom stereocenters. The zero-order valence-corrected chi connectivity index (χ0v) is 18.6. The molecule has 0 bridgehead atoms. The van der Waals surface area contributed by atoms with Gasteiger partial charge >= 0.3 is 6.01 Å². The number of H-pyrrole nitrogens is 1. The molecular weight excluding hydrogens is 424 g/mol. The minimum atomic E-state index is -0.456. The summed E-state index contributed by atoms with van der Waals surface area (Å²) in [7, 11) is 0. The monoisotopic (exact) mass is 452 g/mol. The second-order valence-electron chi connectivity index (χ2n) is 8.83. The molecule has 5 rings (SSSR count). The van der Waals surface area contributed by atoms with Gasteiger partial charge in [-0.3, -0.25) is 9.89 Å². The predicted octanol–water partition coefficient (Wildman–Crippen LogP) is 1.43. The average Bonchev–Trinajstić information content (AvgIpc) is 3.59. The van der Waals surface area contributed by atoms with Crippen LogP contribution in [0.5, 0.6) is 6.01 Å². The number of carbonyl (C=O) groups excluding carboxylic acids is 1. The molecule has 0 radical (unpaired) electrons. The van der Waals surface area contributed by atoms with Crippen molar-refractivity contribution in [2.24, 2.45) is 5.92 Å². The molecule has 11 nitrogen and oxygen atoms in total. The molecule has 0 spiro atoms. The van der Waals surface area contributed by atoms with Crippen molar-refractivity contribution in [3.8, 4) is 6.01 Å². The maximum atomic E-state index is 12.6. The molecule has 3 N–H and O–H groups in total. The third-order valence-electron chi connectivity index (χ3n) is 6.15. The molecule has 0 aromatic carbocycles. The zero-order chi connectivity index (χ0) is 22.8. The molecule has 11 heteroatoms. The van der Waals surface area contributed by atoms with Crippen molar-refractivity contribution >= 4 is 22.9 Å². The third-order valence-corrected chi connectivity index (χ3v) is 6.15. The van der Waals surface area contributed by atoms with Gasteiger partial charge in [0.1, 0.15) is 0 Å². The molecule has 1 atom stereocenters. The number of aliphatic hydroxyl groups is 1. The fraction of sp³-hybridized carbons (Fsp3) is 0.545. The Bertz CT molecular complexity index is 1120. The summed E-state index contributed by atoms with van der Waals surface area (Å²) in [5, 5.41) is 20.5. The highest BCUT2D eigenvalue weighted by atomic mass is 16.5. The maximum absolute atomic E-state index is 12.6. The van der Waals surface area contributed by atoms with Crippen molar-refractivity contribution in [3.05, 3.63) is 29.8 Å². The number of fused-ring (bicyclic) bond motifs is 1. The number of ether oxygens (including phenoxy) is 1. The second kappa shape index (κ2) is 9.26. The Hall–Kier alpha value is -3.34. The van der Waals surface area contributed by atoms with Gasteiger partial charge in [-0.2, -0.15) is 20.1 Å². The summed E-state index contributed by atoms with van der Waals surface area (Å²) in [6, 6.07) is 3.74. The van der Waals surface area contributed by atoms with Crippen molar-refractivity contribution in [3.63, 3.8) is 0 Å². The SMILES string of the molecule is C[C@H](CO)NC(=O)c1nc(OCC2CC2)nc(N2CCC(c3[nH]nc4ncccc34)CC2)n1. The van der Waals surface area contributed by atoms with Gasteiger partial charge in [-0.15, -0.1) is 0 Å². The number of nitrogens with one attached hydrogen (secondary N) is 2. The molecule has 3 aromatic rings. The highest BCUT2D eigenvalue weighted by molar-refractivity contribution is 5.91. The molecule has 1 saturated heterocycles. The van der Waals surface area contributed by atoms with Gasteiger partial charge in [0.15, 0.2) is 5.65 Å². The van der Waals surface area contributed by atoms with E-state index in [0.717, 1.165) is 55.5 Å². The van der Waals surface area contributed by atoms with Crippen LogP contribution in [0.25, 0.3) is 11.0 Å². The highest BCUT2D eigenvalue weighted by Crippen LogP contribution is 2.32. The summed E-state index contributed by atoms with van der Waals surface area (Å²) in [5.74, 6) is 0.844. The van der Waals surface area contributed by atoms with E-state index < -0.39 is 11.9 Å². The van der Waals surface area contributed by atoms with Gasteiger partial charge in [0.25, 0.3) is 5.91 Å². The van der Waals surface area contributed by atoms with Gasteiger partial charge < -0.3 is 20.1 Å². The number of piperidine rings is 1. The maximum Gasteiger partial charge on any atom is 0.321 e. The fourth-order valence-corrected chi connectivity index (χ4v) is 4.01. The lowest BCUT2D eigenvalue weighted by Crippen LogP contribution is -2.38. The first-order chi connectivity index (χ1) is 16.1. The number of anilines is 1. The number of carbonyl (C=O) groups is 1. The lowest BCUT2D eigenvalue weighted by molar-refractivity contribution is 0.0909. The van der Waals surface area contributed by atoms with E-state index in [2.05, 4.69) is 40.3 Å². The van der Waals surface area contributed by atoms with E-state index in [1.54, 1.807) is 13.1 Å². The number of aliphatic hydroxyl groups excluding tert-OH is 1. The van der Waals surface area contributed by atoms with Crippen molar-refractivity contribution in [1.29, 1.82) is 0 Å². The summed E-state index contributed by atoms with van der Waals surface area (Å²) < 4.78 is 5.77. The van der Waals surface area contributed by atoms with Crippen molar-refractivity contribution in [2.75, 3.05) is 31.2 Å². The van der Waals surface area contributed by atoms with Gasteiger partial charge in [-0.05, 0) is 50.7 Å². The van der Waals surface area contributed by atoms with Crippen LogP contribution in [0, 0.1) is 5.92 Å². The highest BCUT2D eigenvalue weighted by Gasteiger charge is 2.28. The summed E-state index contributed by atoms with van der Waals surface area (Å²) >= 11 is 0. The van der Waals surface area contributed by atoms with E-state index in [-0.39, 0.29) is 18.4 Å². The van der Waals surface area contributed by atoms with Gasteiger partial charge in [-0.1, -0.05) is 0 Å². The quantitative estimate of drug-likeness (QED) is 0.462. The Morgan fingerprint density at radius 1 is 1.27 bits per heavy atom. The number of amides is 1. The first-order valence-electron chi connectivity index (χ1n) is 11.4. The molecule has 1 amide bonds. The summed E-state index contributed by atoms with van der Waals surface area (Å²) in [6.07, 6.45) is 5.81. The molecule has 3 aromatic heterocycles. The van der Waals surface area contributed by atoms with E-state index in [9.17, 15) is 9.90 Å². The van der Waals surface area contributed by atoms with Gasteiger partial charge in [0.2, 0.25) is 11.8 Å². The van der Waals surface area contributed by atoms with Crippen LogP contribution in [0.3, 0.4) is 0 Å². The van der Waals surface area contributed by atoms with Crippen LogP contribution < -0.4 is 15.0 Å². The molecule has 1 aliphatic heterocycles. The van der Waals surface area contributed by atoms with E-state index in [1.807, 2.05) is 12.1 Å². The Kier molecular flexibility index (Phi) is 6.03. The average molecular weight is 453 g/mol. The van der Waals surface area contributed by atoms with Gasteiger partial charge in [-0.25, -0.2) is 4.98 Å². The Balaban J connectivity index is 1.32. The van der Waals surface area contributed by atoms with Crippen LogP contribution in [0.15, 0.2) is 18.3 Å². The fourth-order valence-electron chi connectivity index (χ4n) is 4.01. The molecule has 174 valence electrons. The lowest BCUT2D eigenvalue weighted by Gasteiger charge is -2.31.